The lowest BCUT2D eigenvalue weighted by Crippen LogP contribution is -2.21. The number of pyridine rings is 1. The molecule has 0 amide bonds. The molecule has 2 N–H and O–H groups in total. The van der Waals surface area contributed by atoms with Gasteiger partial charge in [-0.1, -0.05) is 19.9 Å². The summed E-state index contributed by atoms with van der Waals surface area (Å²) in [5.74, 6) is 0.755. The van der Waals surface area contributed by atoms with E-state index in [1.54, 1.807) is 0 Å². The third-order valence-corrected chi connectivity index (χ3v) is 2.61. The molecule has 1 aromatic heterocycles. The number of nitrogens with two attached hydrogens (primary N) is 1. The van der Waals surface area contributed by atoms with Gasteiger partial charge in [0, 0.05) is 17.9 Å². The van der Waals surface area contributed by atoms with Gasteiger partial charge >= 0.3 is 0 Å². The van der Waals surface area contributed by atoms with E-state index in [1.807, 2.05) is 18.3 Å². The molecule has 1 heterocycles. The average Bonchev–Trinajstić information content (AvgIpc) is 2.25. The van der Waals surface area contributed by atoms with Gasteiger partial charge in [0.15, 0.2) is 0 Å². The summed E-state index contributed by atoms with van der Waals surface area (Å²) in [6.07, 6.45) is 6.24. The minimum absolute atomic E-state index is 0.328. The molecule has 0 fully saturated rings. The third-order valence-electron chi connectivity index (χ3n) is 2.61. The molecule has 84 valence electrons. The Labute approximate surface area is 92.9 Å². The summed E-state index contributed by atoms with van der Waals surface area (Å²) in [7, 11) is 0. The summed E-state index contributed by atoms with van der Waals surface area (Å²) < 4.78 is 0. The van der Waals surface area contributed by atoms with Crippen LogP contribution in [0.2, 0.25) is 0 Å². The van der Waals surface area contributed by atoms with E-state index in [4.69, 9.17) is 5.73 Å². The van der Waals surface area contributed by atoms with Crippen LogP contribution in [0, 0.1) is 5.92 Å². The second kappa shape index (κ2) is 6.57. The smallest absolute Gasteiger partial charge is 0.0404 e. The highest BCUT2D eigenvalue weighted by molar-refractivity contribution is 5.03. The molecule has 0 radical (unpaired) electrons. The van der Waals surface area contributed by atoms with Crippen LogP contribution in [0.15, 0.2) is 24.4 Å². The number of aromatic nitrogens is 1. The number of rotatable bonds is 6. The second-order valence-electron chi connectivity index (χ2n) is 4.59. The van der Waals surface area contributed by atoms with Crippen molar-refractivity contribution in [1.82, 2.24) is 4.98 Å². The fourth-order valence-electron chi connectivity index (χ4n) is 1.57. The number of nitrogens with zero attached hydrogens (tertiary/aromatic N) is 1. The maximum Gasteiger partial charge on any atom is 0.0404 e. The van der Waals surface area contributed by atoms with Gasteiger partial charge in [-0.05, 0) is 43.7 Å². The Morgan fingerprint density at radius 2 is 2.00 bits per heavy atom. The van der Waals surface area contributed by atoms with Crippen molar-refractivity contribution in [2.45, 2.75) is 45.6 Å². The summed E-state index contributed by atoms with van der Waals surface area (Å²) in [5, 5.41) is 0. The van der Waals surface area contributed by atoms with Gasteiger partial charge < -0.3 is 5.73 Å². The van der Waals surface area contributed by atoms with Crippen molar-refractivity contribution in [3.63, 3.8) is 0 Å². The first-order chi connectivity index (χ1) is 7.18. The van der Waals surface area contributed by atoms with Crippen LogP contribution in [0.3, 0.4) is 0 Å². The molecule has 0 bridgehead atoms. The molecule has 0 aliphatic rings. The Balaban J connectivity index is 2.19. The zero-order valence-corrected chi connectivity index (χ0v) is 9.82. The van der Waals surface area contributed by atoms with Gasteiger partial charge in [0.1, 0.15) is 0 Å². The van der Waals surface area contributed by atoms with Crippen LogP contribution in [0.4, 0.5) is 0 Å². The van der Waals surface area contributed by atoms with Crippen molar-refractivity contribution >= 4 is 0 Å². The fraction of sp³-hybridized carbons (Fsp3) is 0.615. The molecule has 1 atom stereocenters. The molecule has 1 rings (SSSR count). The normalized spacial score (nSPS) is 13.1. The molecular formula is C13H22N2. The Bertz CT molecular complexity index is 256. The van der Waals surface area contributed by atoms with Crippen molar-refractivity contribution in [1.29, 1.82) is 0 Å². The van der Waals surface area contributed by atoms with Crippen molar-refractivity contribution in [3.8, 4) is 0 Å². The summed E-state index contributed by atoms with van der Waals surface area (Å²) in [6, 6.07) is 6.37. The van der Waals surface area contributed by atoms with E-state index in [0.717, 1.165) is 30.9 Å². The van der Waals surface area contributed by atoms with Gasteiger partial charge in [-0.15, -0.1) is 0 Å². The maximum absolute atomic E-state index is 6.04. The van der Waals surface area contributed by atoms with Gasteiger partial charge in [-0.2, -0.15) is 0 Å². The van der Waals surface area contributed by atoms with E-state index < -0.39 is 0 Å². The standard InChI is InChI=1S/C13H22N2/c1-11(2)6-7-12(14)8-9-13-5-3-4-10-15-13/h3-5,10-12H,6-9,14H2,1-2H3. The Morgan fingerprint density at radius 1 is 1.20 bits per heavy atom. The lowest BCUT2D eigenvalue weighted by atomic mass is 10.00. The van der Waals surface area contributed by atoms with Crippen LogP contribution < -0.4 is 5.73 Å². The molecule has 0 aliphatic heterocycles. The highest BCUT2D eigenvalue weighted by atomic mass is 14.7. The molecule has 0 aromatic carbocycles. The summed E-state index contributed by atoms with van der Waals surface area (Å²) >= 11 is 0. The van der Waals surface area contributed by atoms with E-state index in [0.29, 0.717) is 6.04 Å². The highest BCUT2D eigenvalue weighted by Gasteiger charge is 2.04. The second-order valence-corrected chi connectivity index (χ2v) is 4.59. The number of aryl methyl sites for hydroxylation is 1. The quantitative estimate of drug-likeness (QED) is 0.777. The topological polar surface area (TPSA) is 38.9 Å². The number of hydrogen-bond donors (Lipinski definition) is 1. The first-order valence-corrected chi connectivity index (χ1v) is 5.84. The molecule has 0 aliphatic carbocycles. The number of hydrogen-bond acceptors (Lipinski definition) is 2. The fourth-order valence-corrected chi connectivity index (χ4v) is 1.57. The van der Waals surface area contributed by atoms with Crippen LogP contribution >= 0.6 is 0 Å². The van der Waals surface area contributed by atoms with Gasteiger partial charge in [-0.25, -0.2) is 0 Å². The van der Waals surface area contributed by atoms with Crippen molar-refractivity contribution in [2.75, 3.05) is 0 Å². The molecule has 0 saturated carbocycles. The Morgan fingerprint density at radius 3 is 2.60 bits per heavy atom. The van der Waals surface area contributed by atoms with Crippen molar-refractivity contribution < 1.29 is 0 Å². The molecular weight excluding hydrogens is 184 g/mol. The average molecular weight is 206 g/mol. The van der Waals surface area contributed by atoms with Gasteiger partial charge in [0.25, 0.3) is 0 Å². The predicted molar refractivity (Wildman–Crippen MR) is 64.6 cm³/mol. The van der Waals surface area contributed by atoms with Crippen LogP contribution in [-0.2, 0) is 6.42 Å². The minimum Gasteiger partial charge on any atom is -0.328 e. The first-order valence-electron chi connectivity index (χ1n) is 5.84. The largest absolute Gasteiger partial charge is 0.328 e. The molecule has 2 nitrogen and oxygen atoms in total. The summed E-state index contributed by atoms with van der Waals surface area (Å²) in [5.41, 5.74) is 7.19. The molecule has 1 aromatic rings. The van der Waals surface area contributed by atoms with E-state index in [1.165, 1.54) is 6.42 Å². The summed E-state index contributed by atoms with van der Waals surface area (Å²) in [4.78, 5) is 4.29. The maximum atomic E-state index is 6.04. The summed E-state index contributed by atoms with van der Waals surface area (Å²) in [6.45, 7) is 4.48. The molecule has 0 spiro atoms. The minimum atomic E-state index is 0.328. The van der Waals surface area contributed by atoms with E-state index in [9.17, 15) is 0 Å². The van der Waals surface area contributed by atoms with Crippen LogP contribution in [0.5, 0.6) is 0 Å². The first kappa shape index (κ1) is 12.2. The Kier molecular flexibility index (Phi) is 5.33. The predicted octanol–water partition coefficient (Wildman–Crippen LogP) is 2.78. The monoisotopic (exact) mass is 206 g/mol. The molecule has 0 saturated heterocycles. The van der Waals surface area contributed by atoms with Crippen LogP contribution in [0.25, 0.3) is 0 Å². The van der Waals surface area contributed by atoms with Gasteiger partial charge in [-0.3, -0.25) is 4.98 Å². The van der Waals surface area contributed by atoms with E-state index in [2.05, 4.69) is 24.9 Å². The van der Waals surface area contributed by atoms with E-state index in [-0.39, 0.29) is 0 Å². The lowest BCUT2D eigenvalue weighted by molar-refractivity contribution is 0.477. The highest BCUT2D eigenvalue weighted by Crippen LogP contribution is 2.09. The van der Waals surface area contributed by atoms with Crippen molar-refractivity contribution in [3.05, 3.63) is 30.1 Å². The zero-order chi connectivity index (χ0) is 11.1. The molecule has 15 heavy (non-hydrogen) atoms. The van der Waals surface area contributed by atoms with Crippen LogP contribution in [0.1, 0.15) is 38.8 Å². The Hall–Kier alpha value is -0.890. The van der Waals surface area contributed by atoms with Gasteiger partial charge in [0.05, 0.1) is 0 Å². The lowest BCUT2D eigenvalue weighted by Gasteiger charge is -2.12. The van der Waals surface area contributed by atoms with E-state index >= 15 is 0 Å². The SMILES string of the molecule is CC(C)CCC(N)CCc1ccccn1. The third kappa shape index (κ3) is 5.53. The zero-order valence-electron chi connectivity index (χ0n) is 9.82. The van der Waals surface area contributed by atoms with Gasteiger partial charge in [0.2, 0.25) is 0 Å². The van der Waals surface area contributed by atoms with Crippen molar-refractivity contribution in [2.24, 2.45) is 11.7 Å². The molecule has 1 unspecified atom stereocenters. The molecule has 2 heteroatoms. The van der Waals surface area contributed by atoms with Crippen LogP contribution in [-0.4, -0.2) is 11.0 Å².